The second-order valence-electron chi connectivity index (χ2n) is 2.79. The Bertz CT molecular complexity index is 135. The van der Waals surface area contributed by atoms with Gasteiger partial charge in [-0.05, 0) is 6.42 Å². The van der Waals surface area contributed by atoms with Crippen LogP contribution in [0.2, 0.25) is 0 Å². The van der Waals surface area contributed by atoms with E-state index in [0.717, 1.165) is 0 Å². The first-order valence-electron chi connectivity index (χ1n) is 5.22. The minimum Gasteiger partial charge on any atom is -0.394 e. The second kappa shape index (κ2) is 13.3. The lowest BCUT2D eigenvalue weighted by atomic mass is 10.1. The van der Waals surface area contributed by atoms with E-state index in [9.17, 15) is 0 Å². The molecule has 4 N–H and O–H groups in total. The highest BCUT2D eigenvalue weighted by Gasteiger charge is 2.19. The van der Waals surface area contributed by atoms with E-state index >= 15 is 0 Å². The Kier molecular flexibility index (Phi) is 15.4. The van der Waals surface area contributed by atoms with Gasteiger partial charge in [-0.2, -0.15) is 0 Å². The molecule has 0 amide bonds. The molecule has 0 bridgehead atoms. The highest BCUT2D eigenvalue weighted by Crippen LogP contribution is 2.20. The number of hydrogen-bond donors (Lipinski definition) is 4. The summed E-state index contributed by atoms with van der Waals surface area (Å²) in [5.41, 5.74) is 0. The van der Waals surface area contributed by atoms with Gasteiger partial charge in [-0.3, -0.25) is 0 Å². The van der Waals surface area contributed by atoms with Crippen LogP contribution in [0.3, 0.4) is 0 Å². The van der Waals surface area contributed by atoms with Gasteiger partial charge in [0.2, 0.25) is 0 Å². The zero-order valence-electron chi connectivity index (χ0n) is 10.0. The molecule has 0 saturated carbocycles. The fourth-order valence-corrected chi connectivity index (χ4v) is 0.987. The highest BCUT2D eigenvalue weighted by atomic mass is 31.2. The van der Waals surface area contributed by atoms with Crippen LogP contribution < -0.4 is 0 Å². The molecular weight excluding hydrogens is 235 g/mol. The first kappa shape index (κ1) is 18.6. The number of aliphatic hydroxyl groups is 2. The van der Waals surface area contributed by atoms with Crippen molar-refractivity contribution in [3.05, 3.63) is 0 Å². The summed E-state index contributed by atoms with van der Waals surface area (Å²) in [5, 5.41) is 17.6. The summed E-state index contributed by atoms with van der Waals surface area (Å²) in [5.74, 6) is 0. The lowest BCUT2D eigenvalue weighted by Gasteiger charge is -2.24. The van der Waals surface area contributed by atoms with Crippen LogP contribution >= 0.6 is 8.60 Å². The average Bonchev–Trinajstić information content (AvgIpc) is 2.32. The molecule has 1 fully saturated rings. The monoisotopic (exact) mass is 258 g/mol. The fourth-order valence-electron chi connectivity index (χ4n) is 0.987. The number of ether oxygens (including phenoxy) is 1. The number of rotatable bonds is 2. The first-order valence-corrected chi connectivity index (χ1v) is 6.39. The van der Waals surface area contributed by atoms with Crippen molar-refractivity contribution in [3.8, 4) is 0 Å². The van der Waals surface area contributed by atoms with E-state index in [1.807, 2.05) is 13.8 Å². The molecule has 2 unspecified atom stereocenters. The van der Waals surface area contributed by atoms with Crippen LogP contribution in [0.1, 0.15) is 26.7 Å². The zero-order valence-corrected chi connectivity index (χ0v) is 10.9. The smallest absolute Gasteiger partial charge is 0.326 e. The minimum absolute atomic E-state index is 0.0249. The summed E-state index contributed by atoms with van der Waals surface area (Å²) in [7, 11) is -0.870. The van der Waals surface area contributed by atoms with Crippen LogP contribution in [0, 0.1) is 0 Å². The van der Waals surface area contributed by atoms with E-state index in [2.05, 4.69) is 4.52 Å². The summed E-state index contributed by atoms with van der Waals surface area (Å²) >= 11 is 0. The SMILES string of the molecule is CC.COP(O)O.OCC1CC(O)CCO1. The Morgan fingerprint density at radius 3 is 2.12 bits per heavy atom. The molecule has 0 aromatic carbocycles. The van der Waals surface area contributed by atoms with Gasteiger partial charge in [0.1, 0.15) is 0 Å². The van der Waals surface area contributed by atoms with E-state index in [4.69, 9.17) is 24.7 Å². The van der Waals surface area contributed by atoms with E-state index in [0.29, 0.717) is 19.4 Å². The van der Waals surface area contributed by atoms with Gasteiger partial charge in [-0.15, -0.1) is 0 Å². The topological polar surface area (TPSA) is 99.4 Å². The molecule has 6 nitrogen and oxygen atoms in total. The molecule has 7 heteroatoms. The summed E-state index contributed by atoms with van der Waals surface area (Å²) in [4.78, 5) is 15.5. The Hall–Kier alpha value is 0.190. The Labute approximate surface area is 97.8 Å². The van der Waals surface area contributed by atoms with Crippen molar-refractivity contribution < 1.29 is 29.3 Å². The quantitative estimate of drug-likeness (QED) is 0.535. The lowest BCUT2D eigenvalue weighted by Crippen LogP contribution is -2.31. The van der Waals surface area contributed by atoms with Crippen LogP contribution in [-0.2, 0) is 9.26 Å². The molecule has 100 valence electrons. The third-order valence-corrected chi connectivity index (χ3v) is 2.03. The van der Waals surface area contributed by atoms with Crippen molar-refractivity contribution in [1.82, 2.24) is 0 Å². The van der Waals surface area contributed by atoms with Crippen LogP contribution in [0.25, 0.3) is 0 Å². The maximum absolute atomic E-state index is 9.02. The predicted octanol–water partition coefficient (Wildman–Crippen LogP) is 0.389. The molecule has 16 heavy (non-hydrogen) atoms. The summed E-state index contributed by atoms with van der Waals surface area (Å²) < 4.78 is 9.01. The molecule has 0 spiro atoms. The molecule has 0 radical (unpaired) electrons. The van der Waals surface area contributed by atoms with Crippen LogP contribution in [0.5, 0.6) is 0 Å². The molecule has 1 aliphatic heterocycles. The van der Waals surface area contributed by atoms with Gasteiger partial charge in [-0.1, -0.05) is 13.8 Å². The molecule has 1 heterocycles. The average molecular weight is 258 g/mol. The van der Waals surface area contributed by atoms with Gasteiger partial charge in [0, 0.05) is 20.1 Å². The molecular formula is C9H23O6P. The Balaban J connectivity index is 0. The zero-order chi connectivity index (χ0) is 13.0. The molecule has 2 atom stereocenters. The first-order chi connectivity index (χ1) is 7.60. The molecule has 1 aliphatic rings. The van der Waals surface area contributed by atoms with Gasteiger partial charge in [-0.25, -0.2) is 0 Å². The third kappa shape index (κ3) is 12.3. The number of aliphatic hydroxyl groups excluding tert-OH is 2. The summed E-state index contributed by atoms with van der Waals surface area (Å²) in [6.07, 6.45) is 0.886. The van der Waals surface area contributed by atoms with E-state index in [1.165, 1.54) is 7.11 Å². The Morgan fingerprint density at radius 1 is 1.38 bits per heavy atom. The van der Waals surface area contributed by atoms with Gasteiger partial charge in [0.05, 0.1) is 18.8 Å². The molecule has 0 aliphatic carbocycles. The van der Waals surface area contributed by atoms with Crippen molar-refractivity contribution in [3.63, 3.8) is 0 Å². The lowest BCUT2D eigenvalue weighted by molar-refractivity contribution is -0.0642. The summed E-state index contributed by atoms with van der Waals surface area (Å²) in [6, 6.07) is 0. The third-order valence-electron chi connectivity index (χ3n) is 1.71. The molecule has 1 saturated heterocycles. The maximum atomic E-state index is 9.02. The van der Waals surface area contributed by atoms with E-state index in [1.54, 1.807) is 0 Å². The van der Waals surface area contributed by atoms with Crippen LogP contribution in [0.4, 0.5) is 0 Å². The van der Waals surface area contributed by atoms with Gasteiger partial charge < -0.3 is 29.3 Å². The van der Waals surface area contributed by atoms with Crippen LogP contribution in [0.15, 0.2) is 0 Å². The predicted molar refractivity (Wildman–Crippen MR) is 61.8 cm³/mol. The van der Waals surface area contributed by atoms with Gasteiger partial charge in [0.15, 0.2) is 0 Å². The van der Waals surface area contributed by atoms with Gasteiger partial charge >= 0.3 is 8.60 Å². The molecule has 0 aromatic rings. The fraction of sp³-hybridized carbons (Fsp3) is 1.00. The molecule has 1 rings (SSSR count). The highest BCUT2D eigenvalue weighted by molar-refractivity contribution is 7.39. The molecule has 0 aromatic heterocycles. The van der Waals surface area contributed by atoms with Gasteiger partial charge in [0.25, 0.3) is 0 Å². The maximum Gasteiger partial charge on any atom is 0.326 e. The summed E-state index contributed by atoms with van der Waals surface area (Å²) in [6.45, 7) is 4.60. The van der Waals surface area contributed by atoms with Crippen molar-refractivity contribution >= 4 is 8.60 Å². The van der Waals surface area contributed by atoms with E-state index < -0.39 is 8.60 Å². The van der Waals surface area contributed by atoms with Crippen molar-refractivity contribution in [2.24, 2.45) is 0 Å². The minimum atomic E-state index is -2.10. The van der Waals surface area contributed by atoms with E-state index in [-0.39, 0.29) is 18.8 Å². The normalized spacial score (nSPS) is 24.0. The standard InChI is InChI=1S/C6H12O3.C2H6.CH5O3P/c7-4-6-3-5(8)1-2-9-6;1-2;1-4-5(2)3/h5-8H,1-4H2;1-2H3;2-3H,1H3. The Morgan fingerprint density at radius 2 is 1.88 bits per heavy atom. The van der Waals surface area contributed by atoms with Crippen molar-refractivity contribution in [1.29, 1.82) is 0 Å². The number of hydrogen-bond acceptors (Lipinski definition) is 6. The second-order valence-corrected chi connectivity index (χ2v) is 3.66. The van der Waals surface area contributed by atoms with Crippen molar-refractivity contribution in [2.75, 3.05) is 20.3 Å². The van der Waals surface area contributed by atoms with Crippen LogP contribution in [-0.4, -0.2) is 52.5 Å². The largest absolute Gasteiger partial charge is 0.394 e. The van der Waals surface area contributed by atoms with Crippen molar-refractivity contribution in [2.45, 2.75) is 38.9 Å².